The van der Waals surface area contributed by atoms with Gasteiger partial charge in [0.15, 0.2) is 5.82 Å². The molecule has 0 saturated carbocycles. The number of hydrogen-bond donors (Lipinski definition) is 1. The SMILES string of the molecule is NCc1cc(F)c(C(F)F)nc1OC(F)(F)F. The van der Waals surface area contributed by atoms with Crippen LogP contribution in [0.15, 0.2) is 6.07 Å². The Morgan fingerprint density at radius 1 is 1.35 bits per heavy atom. The lowest BCUT2D eigenvalue weighted by Crippen LogP contribution is -2.20. The van der Waals surface area contributed by atoms with Gasteiger partial charge in [-0.3, -0.25) is 0 Å². The van der Waals surface area contributed by atoms with Crippen LogP contribution < -0.4 is 10.5 Å². The predicted octanol–water partition coefficient (Wildman–Crippen LogP) is 2.52. The van der Waals surface area contributed by atoms with E-state index < -0.39 is 42.3 Å². The minimum atomic E-state index is -5.12. The molecule has 1 aromatic heterocycles. The first-order valence-electron chi connectivity index (χ1n) is 4.18. The van der Waals surface area contributed by atoms with Gasteiger partial charge in [-0.25, -0.2) is 18.2 Å². The van der Waals surface area contributed by atoms with Crippen LogP contribution in [0, 0.1) is 5.82 Å². The maximum atomic E-state index is 13.0. The van der Waals surface area contributed by atoms with E-state index in [4.69, 9.17) is 5.73 Å². The zero-order chi connectivity index (χ0) is 13.2. The van der Waals surface area contributed by atoms with Gasteiger partial charge in [0.2, 0.25) is 5.88 Å². The molecule has 0 radical (unpaired) electrons. The highest BCUT2D eigenvalue weighted by Crippen LogP contribution is 2.29. The third kappa shape index (κ3) is 3.48. The molecule has 1 aromatic rings. The summed E-state index contributed by atoms with van der Waals surface area (Å²) in [6, 6.07) is 0.440. The minimum Gasteiger partial charge on any atom is -0.388 e. The first-order valence-corrected chi connectivity index (χ1v) is 4.18. The highest BCUT2D eigenvalue weighted by atomic mass is 19.4. The van der Waals surface area contributed by atoms with Gasteiger partial charge in [-0.05, 0) is 6.07 Å². The van der Waals surface area contributed by atoms with E-state index in [0.29, 0.717) is 6.07 Å². The maximum Gasteiger partial charge on any atom is 0.574 e. The van der Waals surface area contributed by atoms with Gasteiger partial charge in [0.05, 0.1) is 0 Å². The lowest BCUT2D eigenvalue weighted by atomic mass is 10.2. The summed E-state index contributed by atoms with van der Waals surface area (Å²) in [5.74, 6) is -2.60. The maximum absolute atomic E-state index is 13.0. The molecule has 17 heavy (non-hydrogen) atoms. The molecule has 1 heterocycles. The van der Waals surface area contributed by atoms with Crippen LogP contribution in [0.5, 0.6) is 5.88 Å². The molecule has 0 amide bonds. The average molecular weight is 260 g/mol. The molecule has 0 saturated heterocycles. The van der Waals surface area contributed by atoms with Crippen LogP contribution in [-0.4, -0.2) is 11.3 Å². The summed E-state index contributed by atoms with van der Waals surface area (Å²) in [6.45, 7) is -0.529. The van der Waals surface area contributed by atoms with E-state index in [-0.39, 0.29) is 0 Å². The molecular formula is C8H6F6N2O. The molecule has 1 rings (SSSR count). The fraction of sp³-hybridized carbons (Fsp3) is 0.375. The molecule has 2 N–H and O–H groups in total. The average Bonchev–Trinajstić information content (AvgIpc) is 2.17. The number of ether oxygens (including phenoxy) is 1. The molecule has 0 bridgehead atoms. The Labute approximate surface area is 91.2 Å². The summed E-state index contributed by atoms with van der Waals surface area (Å²) in [5.41, 5.74) is 3.15. The second-order valence-corrected chi connectivity index (χ2v) is 2.87. The van der Waals surface area contributed by atoms with Crippen molar-refractivity contribution in [2.75, 3.05) is 0 Å². The first-order chi connectivity index (χ1) is 7.74. The van der Waals surface area contributed by atoms with Gasteiger partial charge in [0, 0.05) is 12.1 Å². The van der Waals surface area contributed by atoms with E-state index in [1.54, 1.807) is 0 Å². The van der Waals surface area contributed by atoms with Crippen LogP contribution >= 0.6 is 0 Å². The predicted molar refractivity (Wildman–Crippen MR) is 43.7 cm³/mol. The summed E-state index contributed by atoms with van der Waals surface area (Å²) >= 11 is 0. The number of pyridine rings is 1. The normalized spacial score (nSPS) is 12.0. The van der Waals surface area contributed by atoms with E-state index in [0.717, 1.165) is 0 Å². The van der Waals surface area contributed by atoms with Crippen molar-refractivity contribution in [3.05, 3.63) is 23.1 Å². The summed E-state index contributed by atoms with van der Waals surface area (Å²) in [6.07, 6.45) is -8.47. The van der Waals surface area contributed by atoms with Gasteiger partial charge in [0.25, 0.3) is 6.43 Å². The van der Waals surface area contributed by atoms with Crippen molar-refractivity contribution in [3.63, 3.8) is 0 Å². The number of aromatic nitrogens is 1. The van der Waals surface area contributed by atoms with Gasteiger partial charge in [-0.15, -0.1) is 13.2 Å². The van der Waals surface area contributed by atoms with Gasteiger partial charge in [-0.2, -0.15) is 0 Å². The Kier molecular flexibility index (Phi) is 3.81. The second-order valence-electron chi connectivity index (χ2n) is 2.87. The number of nitrogens with zero attached hydrogens (tertiary/aromatic N) is 1. The smallest absolute Gasteiger partial charge is 0.388 e. The Hall–Kier alpha value is -1.51. The molecule has 0 atom stereocenters. The topological polar surface area (TPSA) is 48.1 Å². The van der Waals surface area contributed by atoms with Crippen molar-refractivity contribution in [2.24, 2.45) is 5.73 Å². The molecule has 0 spiro atoms. The van der Waals surface area contributed by atoms with Gasteiger partial charge >= 0.3 is 6.36 Å². The van der Waals surface area contributed by atoms with Crippen molar-refractivity contribution < 1.29 is 31.1 Å². The molecule has 0 aliphatic carbocycles. The molecule has 96 valence electrons. The highest BCUT2D eigenvalue weighted by molar-refractivity contribution is 5.30. The van der Waals surface area contributed by atoms with E-state index in [1.165, 1.54) is 0 Å². The summed E-state index contributed by atoms with van der Waals surface area (Å²) in [7, 11) is 0. The third-order valence-corrected chi connectivity index (χ3v) is 1.68. The zero-order valence-electron chi connectivity index (χ0n) is 8.06. The quantitative estimate of drug-likeness (QED) is 0.849. The van der Waals surface area contributed by atoms with Crippen LogP contribution in [0.2, 0.25) is 0 Å². The number of rotatable bonds is 3. The standard InChI is InChI=1S/C8H6F6N2O/c9-4-1-3(2-15)7(17-8(12,13)14)16-5(4)6(10)11/h1,6H,2,15H2. The van der Waals surface area contributed by atoms with Crippen molar-refractivity contribution in [3.8, 4) is 5.88 Å². The summed E-state index contributed by atoms with van der Waals surface area (Å²) in [4.78, 5) is 2.78. The van der Waals surface area contributed by atoms with Crippen molar-refractivity contribution in [2.45, 2.75) is 19.3 Å². The Balaban J connectivity index is 3.22. The van der Waals surface area contributed by atoms with Gasteiger partial charge < -0.3 is 10.5 Å². The van der Waals surface area contributed by atoms with Crippen molar-refractivity contribution in [1.29, 1.82) is 0 Å². The van der Waals surface area contributed by atoms with Crippen LogP contribution in [-0.2, 0) is 6.54 Å². The molecule has 9 heteroatoms. The highest BCUT2D eigenvalue weighted by Gasteiger charge is 2.33. The fourth-order valence-corrected chi connectivity index (χ4v) is 1.02. The Bertz CT molecular complexity index is 406. The van der Waals surface area contributed by atoms with Crippen LogP contribution in [0.4, 0.5) is 26.3 Å². The minimum absolute atomic E-state index is 0.440. The Morgan fingerprint density at radius 2 is 1.94 bits per heavy atom. The van der Waals surface area contributed by atoms with Gasteiger partial charge in [0.1, 0.15) is 5.69 Å². The first kappa shape index (κ1) is 13.6. The summed E-state index contributed by atoms with van der Waals surface area (Å²) < 4.78 is 76.5. The van der Waals surface area contributed by atoms with Crippen LogP contribution in [0.1, 0.15) is 17.7 Å². The molecular weight excluding hydrogens is 254 g/mol. The number of alkyl halides is 5. The molecule has 0 fully saturated rings. The van der Waals surface area contributed by atoms with Crippen LogP contribution in [0.3, 0.4) is 0 Å². The number of nitrogens with two attached hydrogens (primary N) is 1. The fourth-order valence-electron chi connectivity index (χ4n) is 1.02. The molecule has 0 unspecified atom stereocenters. The lowest BCUT2D eigenvalue weighted by molar-refractivity contribution is -0.276. The molecule has 3 nitrogen and oxygen atoms in total. The van der Waals surface area contributed by atoms with Gasteiger partial charge in [-0.1, -0.05) is 0 Å². The lowest BCUT2D eigenvalue weighted by Gasteiger charge is -2.13. The largest absolute Gasteiger partial charge is 0.574 e. The zero-order valence-corrected chi connectivity index (χ0v) is 8.06. The third-order valence-electron chi connectivity index (χ3n) is 1.68. The van der Waals surface area contributed by atoms with Crippen LogP contribution in [0.25, 0.3) is 0 Å². The second kappa shape index (κ2) is 4.78. The molecule has 0 aliphatic heterocycles. The van der Waals surface area contributed by atoms with Crippen molar-refractivity contribution >= 4 is 0 Å². The van der Waals surface area contributed by atoms with E-state index >= 15 is 0 Å². The Morgan fingerprint density at radius 3 is 2.35 bits per heavy atom. The molecule has 0 aliphatic rings. The summed E-state index contributed by atoms with van der Waals surface area (Å²) in [5, 5.41) is 0. The number of halogens is 6. The monoisotopic (exact) mass is 260 g/mol. The van der Waals surface area contributed by atoms with E-state index in [2.05, 4.69) is 9.72 Å². The van der Waals surface area contributed by atoms with Crippen molar-refractivity contribution in [1.82, 2.24) is 4.98 Å². The number of hydrogen-bond acceptors (Lipinski definition) is 3. The molecule has 0 aromatic carbocycles. The van der Waals surface area contributed by atoms with E-state index in [1.807, 2.05) is 0 Å². The van der Waals surface area contributed by atoms with E-state index in [9.17, 15) is 26.3 Å².